The smallest absolute Gasteiger partial charge is 0.253 e. The molecular weight excluding hydrogens is 312 g/mol. The first-order valence-electron chi connectivity index (χ1n) is 7.43. The van der Waals surface area contributed by atoms with Gasteiger partial charge in [0.05, 0.1) is 12.1 Å². The van der Waals surface area contributed by atoms with Gasteiger partial charge in [-0.05, 0) is 35.7 Å². The van der Waals surface area contributed by atoms with E-state index in [1.807, 2.05) is 12.1 Å². The Hall–Kier alpha value is -2.20. The van der Waals surface area contributed by atoms with Crippen molar-refractivity contribution in [1.29, 1.82) is 0 Å². The van der Waals surface area contributed by atoms with E-state index in [2.05, 4.69) is 31.3 Å². The third-order valence-corrected chi connectivity index (χ3v) is 3.41. The van der Waals surface area contributed by atoms with E-state index < -0.39 is 0 Å². The van der Waals surface area contributed by atoms with Crippen LogP contribution in [-0.4, -0.2) is 19.1 Å². The van der Waals surface area contributed by atoms with E-state index in [1.54, 1.807) is 24.3 Å². The number of ether oxygens (including phenoxy) is 1. The lowest BCUT2D eigenvalue weighted by Gasteiger charge is -2.10. The summed E-state index contributed by atoms with van der Waals surface area (Å²) in [5.41, 5.74) is 8.01. The number of nitrogens with two attached hydrogens (primary N) is 1. The molecule has 0 aliphatic carbocycles. The average Bonchev–Trinajstić information content (AvgIpc) is 2.52. The van der Waals surface area contributed by atoms with E-state index in [4.69, 9.17) is 10.5 Å². The van der Waals surface area contributed by atoms with Crippen molar-refractivity contribution in [3.05, 3.63) is 59.7 Å². The number of para-hydroxylation sites is 1. The Morgan fingerprint density at radius 3 is 2.39 bits per heavy atom. The van der Waals surface area contributed by atoms with Crippen LogP contribution >= 0.6 is 12.4 Å². The molecule has 0 radical (unpaired) electrons. The van der Waals surface area contributed by atoms with Crippen LogP contribution in [0.3, 0.4) is 0 Å². The predicted molar refractivity (Wildman–Crippen MR) is 96.5 cm³/mol. The van der Waals surface area contributed by atoms with E-state index in [1.165, 1.54) is 5.56 Å². The Balaban J connectivity index is 0.00000264. The topological polar surface area (TPSA) is 64.3 Å². The fourth-order valence-electron chi connectivity index (χ4n) is 2.08. The summed E-state index contributed by atoms with van der Waals surface area (Å²) in [5.74, 6) is 1.12. The van der Waals surface area contributed by atoms with E-state index in [0.717, 1.165) is 5.75 Å². The van der Waals surface area contributed by atoms with Crippen LogP contribution in [0.1, 0.15) is 35.7 Å². The molecule has 2 aromatic rings. The molecule has 4 nitrogen and oxygen atoms in total. The predicted octanol–water partition coefficient (Wildman–Crippen LogP) is 3.62. The summed E-state index contributed by atoms with van der Waals surface area (Å²) < 4.78 is 5.61. The molecule has 0 saturated heterocycles. The Morgan fingerprint density at radius 1 is 1.13 bits per heavy atom. The molecule has 0 bridgehead atoms. The first-order valence-corrected chi connectivity index (χ1v) is 7.43. The molecule has 0 aliphatic heterocycles. The van der Waals surface area contributed by atoms with Crippen LogP contribution in [0.2, 0.25) is 0 Å². The van der Waals surface area contributed by atoms with Gasteiger partial charge in [0, 0.05) is 5.69 Å². The third kappa shape index (κ3) is 5.49. The molecule has 2 rings (SSSR count). The van der Waals surface area contributed by atoms with Crippen molar-refractivity contribution in [3.63, 3.8) is 0 Å². The van der Waals surface area contributed by atoms with Gasteiger partial charge >= 0.3 is 0 Å². The average molecular weight is 335 g/mol. The quantitative estimate of drug-likeness (QED) is 0.626. The van der Waals surface area contributed by atoms with Crippen molar-refractivity contribution in [2.75, 3.05) is 18.9 Å². The summed E-state index contributed by atoms with van der Waals surface area (Å²) in [4.78, 5) is 11.9. The normalized spacial score (nSPS) is 10.0. The van der Waals surface area contributed by atoms with Gasteiger partial charge in [-0.1, -0.05) is 38.1 Å². The highest BCUT2D eigenvalue weighted by molar-refractivity contribution is 5.99. The number of carbonyl (C=O) groups excluding carboxylic acids is 1. The Labute approximate surface area is 143 Å². The molecule has 23 heavy (non-hydrogen) atoms. The lowest BCUT2D eigenvalue weighted by Crippen LogP contribution is -2.28. The number of nitrogens with one attached hydrogen (secondary N) is 1. The largest absolute Gasteiger partial charge is 0.492 e. The van der Waals surface area contributed by atoms with Gasteiger partial charge in [-0.25, -0.2) is 0 Å². The van der Waals surface area contributed by atoms with Gasteiger partial charge in [0.15, 0.2) is 0 Å². The molecule has 0 atom stereocenters. The van der Waals surface area contributed by atoms with Gasteiger partial charge in [-0.2, -0.15) is 0 Å². The maximum absolute atomic E-state index is 11.9. The summed E-state index contributed by atoms with van der Waals surface area (Å²) in [7, 11) is 0. The number of rotatable bonds is 6. The number of amides is 1. The van der Waals surface area contributed by atoms with Crippen molar-refractivity contribution < 1.29 is 9.53 Å². The SMILES string of the molecule is CC(C)c1ccc(OCCNC(=O)c2ccccc2N)cc1.Cl. The van der Waals surface area contributed by atoms with Gasteiger partial charge in [-0.3, -0.25) is 4.79 Å². The first kappa shape index (κ1) is 18.8. The second-order valence-electron chi connectivity index (χ2n) is 5.42. The number of anilines is 1. The molecule has 124 valence electrons. The number of benzene rings is 2. The second kappa shape index (κ2) is 9.06. The van der Waals surface area contributed by atoms with Crippen molar-refractivity contribution in [3.8, 4) is 5.75 Å². The molecule has 2 aromatic carbocycles. The number of halogens is 1. The fourth-order valence-corrected chi connectivity index (χ4v) is 2.08. The molecule has 0 saturated carbocycles. The summed E-state index contributed by atoms with van der Waals surface area (Å²) in [6, 6.07) is 15.0. The highest BCUT2D eigenvalue weighted by atomic mass is 35.5. The van der Waals surface area contributed by atoms with Crippen LogP contribution in [0.25, 0.3) is 0 Å². The van der Waals surface area contributed by atoms with Gasteiger partial charge in [0.2, 0.25) is 0 Å². The zero-order valence-corrected chi connectivity index (χ0v) is 14.2. The number of nitrogen functional groups attached to an aromatic ring is 1. The number of hydrogen-bond donors (Lipinski definition) is 2. The summed E-state index contributed by atoms with van der Waals surface area (Å²) in [6.07, 6.45) is 0. The van der Waals surface area contributed by atoms with E-state index in [0.29, 0.717) is 30.3 Å². The Kier molecular flexibility index (Phi) is 7.42. The van der Waals surface area contributed by atoms with E-state index in [-0.39, 0.29) is 18.3 Å². The zero-order valence-electron chi connectivity index (χ0n) is 13.4. The molecule has 5 heteroatoms. The lowest BCUT2D eigenvalue weighted by molar-refractivity contribution is 0.0948. The molecule has 1 amide bonds. The van der Waals surface area contributed by atoms with Crippen LogP contribution in [0, 0.1) is 0 Å². The zero-order chi connectivity index (χ0) is 15.9. The van der Waals surface area contributed by atoms with Gasteiger partial charge in [-0.15, -0.1) is 12.4 Å². The minimum absolute atomic E-state index is 0. The lowest BCUT2D eigenvalue weighted by atomic mass is 10.0. The summed E-state index contributed by atoms with van der Waals surface area (Å²) in [6.45, 7) is 5.15. The summed E-state index contributed by atoms with van der Waals surface area (Å²) in [5, 5.41) is 2.80. The number of hydrogen-bond acceptors (Lipinski definition) is 3. The van der Waals surface area contributed by atoms with Crippen LogP contribution < -0.4 is 15.8 Å². The maximum atomic E-state index is 11.9. The molecule has 0 aliphatic rings. The van der Waals surface area contributed by atoms with Crippen LogP contribution in [-0.2, 0) is 0 Å². The van der Waals surface area contributed by atoms with Crippen molar-refractivity contribution in [2.24, 2.45) is 0 Å². The maximum Gasteiger partial charge on any atom is 0.253 e. The van der Waals surface area contributed by atoms with Gasteiger partial charge in [0.25, 0.3) is 5.91 Å². The standard InChI is InChI=1S/C18H22N2O2.ClH/c1-13(2)14-7-9-15(10-8-14)22-12-11-20-18(21)16-5-3-4-6-17(16)19;/h3-10,13H,11-12,19H2,1-2H3,(H,20,21);1H. The van der Waals surface area contributed by atoms with Gasteiger partial charge < -0.3 is 15.8 Å². The molecule has 0 fully saturated rings. The molecule has 0 aromatic heterocycles. The van der Waals surface area contributed by atoms with Crippen LogP contribution in [0.4, 0.5) is 5.69 Å². The van der Waals surface area contributed by atoms with E-state index in [9.17, 15) is 4.79 Å². The van der Waals surface area contributed by atoms with Crippen molar-refractivity contribution in [1.82, 2.24) is 5.32 Å². The molecule has 3 N–H and O–H groups in total. The van der Waals surface area contributed by atoms with E-state index >= 15 is 0 Å². The first-order chi connectivity index (χ1) is 10.6. The number of carbonyl (C=O) groups is 1. The monoisotopic (exact) mass is 334 g/mol. The van der Waals surface area contributed by atoms with Crippen LogP contribution in [0.15, 0.2) is 48.5 Å². The van der Waals surface area contributed by atoms with Crippen LogP contribution in [0.5, 0.6) is 5.75 Å². The fraction of sp³-hybridized carbons (Fsp3) is 0.278. The van der Waals surface area contributed by atoms with Crippen molar-refractivity contribution >= 4 is 24.0 Å². The third-order valence-electron chi connectivity index (χ3n) is 3.41. The minimum Gasteiger partial charge on any atom is -0.492 e. The molecule has 0 unspecified atom stereocenters. The highest BCUT2D eigenvalue weighted by Crippen LogP contribution is 2.18. The Morgan fingerprint density at radius 2 is 1.78 bits per heavy atom. The van der Waals surface area contributed by atoms with Crippen molar-refractivity contribution in [2.45, 2.75) is 19.8 Å². The molecule has 0 spiro atoms. The highest BCUT2D eigenvalue weighted by Gasteiger charge is 2.07. The van der Waals surface area contributed by atoms with Gasteiger partial charge in [0.1, 0.15) is 12.4 Å². The molecular formula is C18H23ClN2O2. The Bertz CT molecular complexity index is 627. The second-order valence-corrected chi connectivity index (χ2v) is 5.42. The summed E-state index contributed by atoms with van der Waals surface area (Å²) >= 11 is 0. The minimum atomic E-state index is -0.183. The molecule has 0 heterocycles.